The van der Waals surface area contributed by atoms with E-state index in [0.29, 0.717) is 16.4 Å². The highest BCUT2D eigenvalue weighted by atomic mass is 35.5. The maximum absolute atomic E-state index is 14.0. The molecule has 0 aliphatic heterocycles. The van der Waals surface area contributed by atoms with Crippen LogP contribution in [0, 0.1) is 19.7 Å². The fraction of sp³-hybridized carbons (Fsp3) is 0.182. The summed E-state index contributed by atoms with van der Waals surface area (Å²) in [6, 6.07) is 1.09. The van der Waals surface area contributed by atoms with Gasteiger partial charge in [0.1, 0.15) is 5.56 Å². The number of nitrogens with zero attached hydrogens (tertiary/aromatic N) is 3. The van der Waals surface area contributed by atoms with Gasteiger partial charge in [0, 0.05) is 6.20 Å². The van der Waals surface area contributed by atoms with Crippen LogP contribution < -0.4 is 0 Å². The Hall–Kier alpha value is -1.95. The van der Waals surface area contributed by atoms with Crippen molar-refractivity contribution >= 4 is 17.6 Å². The standard InChI is InChI=1S/C11H9ClFN3O2/c1-5-8(12)6(2)16(15-5)10-9(13)7(11(17)18)3-4-14-10/h3-4H,1-2H3,(H,17,18). The summed E-state index contributed by atoms with van der Waals surface area (Å²) in [5, 5.41) is 13.3. The van der Waals surface area contributed by atoms with Crippen molar-refractivity contribution in [1.82, 2.24) is 14.8 Å². The molecule has 0 aromatic carbocycles. The van der Waals surface area contributed by atoms with Crippen LogP contribution in [0.15, 0.2) is 12.3 Å². The number of aryl methyl sites for hydroxylation is 1. The molecule has 2 aromatic heterocycles. The first-order valence-corrected chi connectivity index (χ1v) is 5.41. The molecule has 0 bridgehead atoms. The number of aromatic carboxylic acids is 1. The summed E-state index contributed by atoms with van der Waals surface area (Å²) in [4.78, 5) is 14.6. The van der Waals surface area contributed by atoms with Crippen LogP contribution >= 0.6 is 11.6 Å². The molecule has 94 valence electrons. The first kappa shape index (κ1) is 12.5. The van der Waals surface area contributed by atoms with Crippen molar-refractivity contribution in [2.75, 3.05) is 0 Å². The second-order valence-corrected chi connectivity index (χ2v) is 4.08. The Morgan fingerprint density at radius 2 is 2.17 bits per heavy atom. The lowest BCUT2D eigenvalue weighted by atomic mass is 10.2. The Bertz CT molecular complexity index is 639. The van der Waals surface area contributed by atoms with Gasteiger partial charge in [0.25, 0.3) is 0 Å². The van der Waals surface area contributed by atoms with E-state index in [4.69, 9.17) is 16.7 Å². The topological polar surface area (TPSA) is 68.0 Å². The van der Waals surface area contributed by atoms with Gasteiger partial charge in [0.05, 0.1) is 16.4 Å². The van der Waals surface area contributed by atoms with Crippen LogP contribution in [-0.2, 0) is 0 Å². The Labute approximate surface area is 107 Å². The number of halogens is 2. The van der Waals surface area contributed by atoms with E-state index in [-0.39, 0.29) is 5.82 Å². The van der Waals surface area contributed by atoms with Gasteiger partial charge in [-0.05, 0) is 19.9 Å². The molecular weight excluding hydrogens is 261 g/mol. The highest BCUT2D eigenvalue weighted by Gasteiger charge is 2.20. The van der Waals surface area contributed by atoms with Crippen LogP contribution in [0.5, 0.6) is 0 Å². The van der Waals surface area contributed by atoms with E-state index in [1.165, 1.54) is 10.9 Å². The molecule has 0 unspecified atom stereocenters. The van der Waals surface area contributed by atoms with Gasteiger partial charge < -0.3 is 5.11 Å². The van der Waals surface area contributed by atoms with Crippen molar-refractivity contribution in [3.05, 3.63) is 40.1 Å². The summed E-state index contributed by atoms with van der Waals surface area (Å²) in [7, 11) is 0. The van der Waals surface area contributed by atoms with Gasteiger partial charge >= 0.3 is 5.97 Å². The van der Waals surface area contributed by atoms with Crippen LogP contribution in [0.1, 0.15) is 21.7 Å². The zero-order chi connectivity index (χ0) is 13.4. The number of hydrogen-bond acceptors (Lipinski definition) is 3. The van der Waals surface area contributed by atoms with Gasteiger partial charge in [-0.25, -0.2) is 18.9 Å². The molecule has 0 aliphatic carbocycles. The minimum atomic E-state index is -1.36. The fourth-order valence-corrected chi connectivity index (χ4v) is 1.69. The normalized spacial score (nSPS) is 10.7. The van der Waals surface area contributed by atoms with Crippen LogP contribution in [0.2, 0.25) is 5.02 Å². The van der Waals surface area contributed by atoms with Crippen molar-refractivity contribution in [1.29, 1.82) is 0 Å². The Morgan fingerprint density at radius 3 is 2.67 bits per heavy atom. The first-order chi connectivity index (χ1) is 8.43. The molecule has 0 spiro atoms. The summed E-state index contributed by atoms with van der Waals surface area (Å²) < 4.78 is 15.2. The molecule has 1 N–H and O–H groups in total. The van der Waals surface area contributed by atoms with Crippen molar-refractivity contribution in [2.24, 2.45) is 0 Å². The Balaban J connectivity index is 2.68. The molecular formula is C11H9ClFN3O2. The minimum absolute atomic E-state index is 0.178. The number of aromatic nitrogens is 3. The zero-order valence-electron chi connectivity index (χ0n) is 9.61. The third kappa shape index (κ3) is 1.84. The fourth-order valence-electron chi connectivity index (χ4n) is 1.58. The quantitative estimate of drug-likeness (QED) is 0.909. The number of carbonyl (C=O) groups is 1. The van der Waals surface area contributed by atoms with Crippen molar-refractivity contribution in [2.45, 2.75) is 13.8 Å². The highest BCUT2D eigenvalue weighted by Crippen LogP contribution is 2.23. The van der Waals surface area contributed by atoms with Gasteiger partial charge in [-0.1, -0.05) is 11.6 Å². The molecule has 0 radical (unpaired) electrons. The van der Waals surface area contributed by atoms with E-state index >= 15 is 0 Å². The van der Waals surface area contributed by atoms with Crippen LogP contribution in [0.25, 0.3) is 5.82 Å². The lowest BCUT2D eigenvalue weighted by Gasteiger charge is -2.06. The number of rotatable bonds is 2. The smallest absolute Gasteiger partial charge is 0.338 e. The van der Waals surface area contributed by atoms with Gasteiger partial charge in [0.2, 0.25) is 0 Å². The summed E-state index contributed by atoms with van der Waals surface area (Å²) in [6.45, 7) is 3.32. The summed E-state index contributed by atoms with van der Waals surface area (Å²) in [5.41, 5.74) is 0.572. The predicted octanol–water partition coefficient (Wildman–Crippen LogP) is 2.37. The second kappa shape index (κ2) is 4.38. The van der Waals surface area contributed by atoms with E-state index in [1.807, 2.05) is 0 Å². The van der Waals surface area contributed by atoms with Gasteiger partial charge in [-0.15, -0.1) is 0 Å². The molecule has 0 fully saturated rings. The molecule has 0 saturated heterocycles. The Kier molecular flexibility index (Phi) is 3.04. The monoisotopic (exact) mass is 269 g/mol. The average Bonchev–Trinajstić information content (AvgIpc) is 2.57. The first-order valence-electron chi connectivity index (χ1n) is 5.03. The summed E-state index contributed by atoms with van der Waals surface area (Å²) in [6.07, 6.45) is 1.21. The van der Waals surface area contributed by atoms with E-state index < -0.39 is 17.3 Å². The SMILES string of the molecule is Cc1nn(-c2nccc(C(=O)O)c2F)c(C)c1Cl. The van der Waals surface area contributed by atoms with Gasteiger partial charge in [-0.2, -0.15) is 5.10 Å². The molecule has 2 heterocycles. The molecule has 2 aromatic rings. The van der Waals surface area contributed by atoms with Crippen molar-refractivity contribution < 1.29 is 14.3 Å². The number of hydrogen-bond donors (Lipinski definition) is 1. The third-order valence-corrected chi connectivity index (χ3v) is 3.05. The molecule has 2 rings (SSSR count). The Morgan fingerprint density at radius 1 is 1.50 bits per heavy atom. The van der Waals surface area contributed by atoms with E-state index in [1.54, 1.807) is 13.8 Å². The van der Waals surface area contributed by atoms with Gasteiger partial charge in [-0.3, -0.25) is 0 Å². The van der Waals surface area contributed by atoms with E-state index in [2.05, 4.69) is 10.1 Å². The van der Waals surface area contributed by atoms with E-state index in [9.17, 15) is 9.18 Å². The predicted molar refractivity (Wildman–Crippen MR) is 62.8 cm³/mol. The van der Waals surface area contributed by atoms with Crippen molar-refractivity contribution in [3.63, 3.8) is 0 Å². The number of pyridine rings is 1. The third-order valence-electron chi connectivity index (χ3n) is 2.50. The lowest BCUT2D eigenvalue weighted by molar-refractivity contribution is 0.0691. The van der Waals surface area contributed by atoms with E-state index in [0.717, 1.165) is 6.07 Å². The molecule has 0 aliphatic rings. The van der Waals surface area contributed by atoms with Crippen LogP contribution in [0.3, 0.4) is 0 Å². The lowest BCUT2D eigenvalue weighted by Crippen LogP contribution is -2.10. The average molecular weight is 270 g/mol. The maximum Gasteiger partial charge on any atom is 0.338 e. The number of carboxylic acids is 1. The van der Waals surface area contributed by atoms with Crippen LogP contribution in [-0.4, -0.2) is 25.8 Å². The minimum Gasteiger partial charge on any atom is -0.478 e. The molecule has 7 heteroatoms. The molecule has 0 atom stereocenters. The highest BCUT2D eigenvalue weighted by molar-refractivity contribution is 6.31. The largest absolute Gasteiger partial charge is 0.478 e. The molecule has 0 saturated carbocycles. The van der Waals surface area contributed by atoms with Crippen molar-refractivity contribution in [3.8, 4) is 5.82 Å². The van der Waals surface area contributed by atoms with Crippen LogP contribution in [0.4, 0.5) is 4.39 Å². The number of carboxylic acid groups (broad SMARTS) is 1. The van der Waals surface area contributed by atoms with Gasteiger partial charge in [0.15, 0.2) is 11.6 Å². The summed E-state index contributed by atoms with van der Waals surface area (Å²) in [5.74, 6) is -2.47. The molecule has 5 nitrogen and oxygen atoms in total. The summed E-state index contributed by atoms with van der Waals surface area (Å²) >= 11 is 5.95. The molecule has 0 amide bonds. The molecule has 18 heavy (non-hydrogen) atoms. The second-order valence-electron chi connectivity index (χ2n) is 3.70. The zero-order valence-corrected chi connectivity index (χ0v) is 10.4. The maximum atomic E-state index is 14.0.